The highest BCUT2D eigenvalue weighted by atomic mass is 15.4. The molecule has 0 aliphatic carbocycles. The zero-order valence-electron chi connectivity index (χ0n) is 14.2. The van der Waals surface area contributed by atoms with Crippen LogP contribution < -0.4 is 5.43 Å². The maximum Gasteiger partial charge on any atom is 0.0932 e. The van der Waals surface area contributed by atoms with E-state index >= 15 is 0 Å². The van der Waals surface area contributed by atoms with Gasteiger partial charge < -0.3 is 0 Å². The highest BCUT2D eigenvalue weighted by molar-refractivity contribution is 5.52. The van der Waals surface area contributed by atoms with Gasteiger partial charge >= 0.3 is 0 Å². The number of hydrogen-bond acceptors (Lipinski definition) is 4. The van der Waals surface area contributed by atoms with Crippen LogP contribution in [0.25, 0.3) is 0 Å². The van der Waals surface area contributed by atoms with Crippen LogP contribution in [0.4, 0.5) is 22.7 Å². The average molecular weight is 329 g/mol. The number of azo groups is 1. The summed E-state index contributed by atoms with van der Waals surface area (Å²) in [5.74, 6) is 0. The Morgan fingerprint density at radius 2 is 1.20 bits per heavy atom. The molecule has 1 N–H and O–H groups in total. The Kier molecular flexibility index (Phi) is 5.26. The SMILES string of the molecule is Cc1cccc(C)c1N=NNc1ccc(N=Nc2ccccc2)cc1. The third kappa shape index (κ3) is 4.57. The third-order valence-electron chi connectivity index (χ3n) is 3.67. The van der Waals surface area contributed by atoms with E-state index in [1.54, 1.807) is 0 Å². The predicted molar refractivity (Wildman–Crippen MR) is 101 cm³/mol. The minimum Gasteiger partial charge on any atom is -0.260 e. The smallest absolute Gasteiger partial charge is 0.0932 e. The van der Waals surface area contributed by atoms with Gasteiger partial charge in [0.25, 0.3) is 0 Å². The lowest BCUT2D eigenvalue weighted by Crippen LogP contribution is -1.86. The lowest BCUT2D eigenvalue weighted by molar-refractivity contribution is 1.11. The molecule has 25 heavy (non-hydrogen) atoms. The molecule has 0 saturated heterocycles. The molecule has 0 aliphatic rings. The number of benzene rings is 3. The van der Waals surface area contributed by atoms with E-state index in [1.165, 1.54) is 0 Å². The summed E-state index contributed by atoms with van der Waals surface area (Å²) in [5, 5.41) is 16.8. The van der Waals surface area contributed by atoms with Gasteiger partial charge in [-0.25, -0.2) is 0 Å². The fraction of sp³-hybridized carbons (Fsp3) is 0.100. The molecular weight excluding hydrogens is 310 g/mol. The molecule has 0 spiro atoms. The van der Waals surface area contributed by atoms with Crippen LogP contribution in [0.5, 0.6) is 0 Å². The number of nitrogens with zero attached hydrogens (tertiary/aromatic N) is 4. The molecule has 0 atom stereocenters. The first-order chi connectivity index (χ1) is 12.2. The van der Waals surface area contributed by atoms with Gasteiger partial charge in [0.05, 0.1) is 22.7 Å². The number of aryl methyl sites for hydroxylation is 2. The van der Waals surface area contributed by atoms with Crippen molar-refractivity contribution in [3.05, 3.63) is 83.9 Å². The van der Waals surface area contributed by atoms with Crippen molar-refractivity contribution in [1.29, 1.82) is 0 Å². The number of hydrogen-bond donors (Lipinski definition) is 1. The monoisotopic (exact) mass is 329 g/mol. The van der Waals surface area contributed by atoms with Gasteiger partial charge in [-0.1, -0.05) is 41.6 Å². The summed E-state index contributed by atoms with van der Waals surface area (Å²) in [6.07, 6.45) is 0. The van der Waals surface area contributed by atoms with Gasteiger partial charge in [-0.05, 0) is 61.4 Å². The summed E-state index contributed by atoms with van der Waals surface area (Å²) in [6, 6.07) is 23.2. The third-order valence-corrected chi connectivity index (χ3v) is 3.67. The van der Waals surface area contributed by atoms with E-state index in [0.717, 1.165) is 33.9 Å². The Bertz CT molecular complexity index is 863. The zero-order valence-corrected chi connectivity index (χ0v) is 14.2. The van der Waals surface area contributed by atoms with Crippen LogP contribution in [0.2, 0.25) is 0 Å². The topological polar surface area (TPSA) is 61.5 Å². The molecule has 5 heteroatoms. The summed E-state index contributed by atoms with van der Waals surface area (Å²) in [7, 11) is 0. The summed E-state index contributed by atoms with van der Waals surface area (Å²) >= 11 is 0. The number of nitrogens with one attached hydrogen (secondary N) is 1. The molecule has 0 bridgehead atoms. The van der Waals surface area contributed by atoms with Gasteiger partial charge in [0.1, 0.15) is 0 Å². The van der Waals surface area contributed by atoms with E-state index in [9.17, 15) is 0 Å². The molecule has 0 aliphatic heterocycles. The fourth-order valence-electron chi connectivity index (χ4n) is 2.31. The van der Waals surface area contributed by atoms with Crippen molar-refractivity contribution in [3.8, 4) is 0 Å². The average Bonchev–Trinajstić information content (AvgIpc) is 2.64. The van der Waals surface area contributed by atoms with Crippen LogP contribution in [-0.4, -0.2) is 0 Å². The molecule has 0 amide bonds. The summed E-state index contributed by atoms with van der Waals surface area (Å²) in [6.45, 7) is 4.04. The molecule has 3 aromatic rings. The van der Waals surface area contributed by atoms with Crippen molar-refractivity contribution >= 4 is 22.7 Å². The van der Waals surface area contributed by atoms with E-state index in [1.807, 2.05) is 86.6 Å². The quantitative estimate of drug-likeness (QED) is 0.404. The van der Waals surface area contributed by atoms with Crippen molar-refractivity contribution in [3.63, 3.8) is 0 Å². The van der Waals surface area contributed by atoms with Crippen LogP contribution in [0.3, 0.4) is 0 Å². The Morgan fingerprint density at radius 1 is 0.600 bits per heavy atom. The first-order valence-electron chi connectivity index (χ1n) is 8.02. The number of rotatable bonds is 5. The summed E-state index contributed by atoms with van der Waals surface area (Å²) < 4.78 is 0. The lowest BCUT2D eigenvalue weighted by Gasteiger charge is -2.03. The van der Waals surface area contributed by atoms with Crippen LogP contribution in [0.1, 0.15) is 11.1 Å². The second-order valence-electron chi connectivity index (χ2n) is 5.63. The zero-order chi connectivity index (χ0) is 17.5. The van der Waals surface area contributed by atoms with Crippen molar-refractivity contribution in [1.82, 2.24) is 0 Å². The maximum absolute atomic E-state index is 4.27. The van der Waals surface area contributed by atoms with Crippen LogP contribution >= 0.6 is 0 Å². The maximum atomic E-state index is 4.27. The van der Waals surface area contributed by atoms with Crippen molar-refractivity contribution < 1.29 is 0 Å². The first kappa shape index (κ1) is 16.5. The first-order valence-corrected chi connectivity index (χ1v) is 8.02. The Morgan fingerprint density at radius 3 is 1.84 bits per heavy atom. The molecule has 0 radical (unpaired) electrons. The fourth-order valence-corrected chi connectivity index (χ4v) is 2.31. The number of anilines is 1. The standard InChI is InChI=1S/C20H19N5/c1-15-7-6-8-16(2)20(15)24-25-23-19-13-11-18(12-14-19)22-21-17-9-4-3-5-10-17/h3-14H,1-2H3,(H,23,24). The molecule has 3 rings (SSSR count). The highest BCUT2D eigenvalue weighted by Crippen LogP contribution is 2.24. The van der Waals surface area contributed by atoms with Crippen LogP contribution in [0.15, 0.2) is 93.4 Å². The summed E-state index contributed by atoms with van der Waals surface area (Å²) in [4.78, 5) is 0. The molecule has 124 valence electrons. The second kappa shape index (κ2) is 7.97. The van der Waals surface area contributed by atoms with Crippen molar-refractivity contribution in [2.45, 2.75) is 13.8 Å². The van der Waals surface area contributed by atoms with Gasteiger partial charge in [0.15, 0.2) is 0 Å². The Balaban J connectivity index is 1.63. The summed E-state index contributed by atoms with van der Waals surface area (Å²) in [5.41, 5.74) is 8.47. The van der Waals surface area contributed by atoms with E-state index in [-0.39, 0.29) is 0 Å². The van der Waals surface area contributed by atoms with E-state index in [0.29, 0.717) is 0 Å². The minimum absolute atomic E-state index is 0.779. The molecule has 3 aromatic carbocycles. The second-order valence-corrected chi connectivity index (χ2v) is 5.63. The van der Waals surface area contributed by atoms with E-state index < -0.39 is 0 Å². The molecular formula is C20H19N5. The predicted octanol–water partition coefficient (Wildman–Crippen LogP) is 6.83. The van der Waals surface area contributed by atoms with Crippen LogP contribution in [-0.2, 0) is 0 Å². The van der Waals surface area contributed by atoms with E-state index in [2.05, 4.69) is 26.0 Å². The van der Waals surface area contributed by atoms with Gasteiger partial charge in [-0.15, -0.1) is 5.11 Å². The van der Waals surface area contributed by atoms with Gasteiger partial charge in [0, 0.05) is 0 Å². The van der Waals surface area contributed by atoms with Crippen molar-refractivity contribution in [2.75, 3.05) is 5.43 Å². The molecule has 0 saturated carbocycles. The van der Waals surface area contributed by atoms with Crippen LogP contribution in [0, 0.1) is 13.8 Å². The van der Waals surface area contributed by atoms with Crippen molar-refractivity contribution in [2.24, 2.45) is 20.6 Å². The Labute approximate surface area is 147 Å². The Hall–Kier alpha value is -3.34. The molecule has 0 aromatic heterocycles. The van der Waals surface area contributed by atoms with Gasteiger partial charge in [-0.2, -0.15) is 10.2 Å². The van der Waals surface area contributed by atoms with Gasteiger partial charge in [0.2, 0.25) is 0 Å². The molecule has 0 fully saturated rings. The highest BCUT2D eigenvalue weighted by Gasteiger charge is 1.99. The normalized spacial score (nSPS) is 11.3. The largest absolute Gasteiger partial charge is 0.260 e. The minimum atomic E-state index is 0.779. The van der Waals surface area contributed by atoms with Gasteiger partial charge in [-0.3, -0.25) is 5.43 Å². The molecule has 5 nitrogen and oxygen atoms in total. The lowest BCUT2D eigenvalue weighted by atomic mass is 10.1. The molecule has 0 heterocycles. The molecule has 0 unspecified atom stereocenters. The van der Waals surface area contributed by atoms with E-state index in [4.69, 9.17) is 0 Å².